The Labute approximate surface area is 104 Å². The Morgan fingerprint density at radius 3 is 2.53 bits per heavy atom. The number of hydrogen-bond donors (Lipinski definition) is 1. The summed E-state index contributed by atoms with van der Waals surface area (Å²) in [4.78, 5) is 0. The second kappa shape index (κ2) is 5.72. The maximum absolute atomic E-state index is 8.93. The molecule has 2 nitrogen and oxygen atoms in total. The minimum Gasteiger partial charge on any atom is -0.382 e. The Morgan fingerprint density at radius 2 is 1.88 bits per heavy atom. The zero-order chi connectivity index (χ0) is 12.1. The molecule has 0 aromatic heterocycles. The van der Waals surface area contributed by atoms with Gasteiger partial charge in [-0.15, -0.1) is 0 Å². The van der Waals surface area contributed by atoms with Crippen LogP contribution in [-0.2, 0) is 0 Å². The van der Waals surface area contributed by atoms with E-state index in [1.807, 2.05) is 18.2 Å². The number of hydrogen-bond acceptors (Lipinski definition) is 2. The third-order valence-electron chi connectivity index (χ3n) is 3.58. The van der Waals surface area contributed by atoms with Crippen LogP contribution in [0.15, 0.2) is 18.2 Å². The molecule has 2 rings (SSSR count). The van der Waals surface area contributed by atoms with Crippen LogP contribution in [-0.4, -0.2) is 6.04 Å². The molecule has 90 valence electrons. The van der Waals surface area contributed by atoms with Crippen LogP contribution in [0.1, 0.15) is 49.7 Å². The predicted octanol–water partition coefficient (Wildman–Crippen LogP) is 4.00. The van der Waals surface area contributed by atoms with Gasteiger partial charge in [-0.1, -0.05) is 31.7 Å². The minimum absolute atomic E-state index is 0.588. The predicted molar refractivity (Wildman–Crippen MR) is 71.0 cm³/mol. The average molecular weight is 228 g/mol. The number of rotatable bonds is 2. The Bertz CT molecular complexity index is 409. The molecule has 1 aromatic carbocycles. The largest absolute Gasteiger partial charge is 0.382 e. The topological polar surface area (TPSA) is 35.8 Å². The molecule has 0 atom stereocenters. The SMILES string of the molecule is Cc1ccc(C#N)cc1NC1CCCCCC1. The second-order valence-electron chi connectivity index (χ2n) is 4.97. The van der Waals surface area contributed by atoms with E-state index < -0.39 is 0 Å². The van der Waals surface area contributed by atoms with Crippen molar-refractivity contribution >= 4 is 5.69 Å². The van der Waals surface area contributed by atoms with Gasteiger partial charge >= 0.3 is 0 Å². The van der Waals surface area contributed by atoms with Gasteiger partial charge in [0.25, 0.3) is 0 Å². The van der Waals surface area contributed by atoms with E-state index in [4.69, 9.17) is 5.26 Å². The van der Waals surface area contributed by atoms with Gasteiger partial charge in [0.05, 0.1) is 11.6 Å². The van der Waals surface area contributed by atoms with Gasteiger partial charge < -0.3 is 5.32 Å². The molecule has 0 aliphatic heterocycles. The van der Waals surface area contributed by atoms with Crippen LogP contribution in [0.5, 0.6) is 0 Å². The molecule has 0 saturated heterocycles. The van der Waals surface area contributed by atoms with Gasteiger partial charge in [-0.25, -0.2) is 0 Å². The minimum atomic E-state index is 0.588. The lowest BCUT2D eigenvalue weighted by Gasteiger charge is -2.19. The molecule has 1 aromatic rings. The molecule has 0 amide bonds. The van der Waals surface area contributed by atoms with E-state index in [-0.39, 0.29) is 0 Å². The van der Waals surface area contributed by atoms with Crippen molar-refractivity contribution in [3.8, 4) is 6.07 Å². The Hall–Kier alpha value is -1.49. The maximum atomic E-state index is 8.93. The summed E-state index contributed by atoms with van der Waals surface area (Å²) in [6, 6.07) is 8.67. The first-order valence-corrected chi connectivity index (χ1v) is 6.57. The second-order valence-corrected chi connectivity index (χ2v) is 4.97. The van der Waals surface area contributed by atoms with E-state index in [0.717, 1.165) is 11.3 Å². The summed E-state index contributed by atoms with van der Waals surface area (Å²) in [5.74, 6) is 0. The van der Waals surface area contributed by atoms with E-state index >= 15 is 0 Å². The lowest BCUT2D eigenvalue weighted by molar-refractivity contribution is 0.619. The first-order chi connectivity index (χ1) is 8.29. The Morgan fingerprint density at radius 1 is 1.18 bits per heavy atom. The lowest BCUT2D eigenvalue weighted by Crippen LogP contribution is -2.18. The molecule has 0 spiro atoms. The van der Waals surface area contributed by atoms with Crippen LogP contribution in [0.25, 0.3) is 0 Å². The van der Waals surface area contributed by atoms with Crippen LogP contribution in [0.3, 0.4) is 0 Å². The molecule has 17 heavy (non-hydrogen) atoms. The molecule has 0 unspecified atom stereocenters. The van der Waals surface area contributed by atoms with E-state index in [0.29, 0.717) is 6.04 Å². The first kappa shape index (κ1) is 12.0. The van der Waals surface area contributed by atoms with Crippen molar-refractivity contribution in [1.82, 2.24) is 0 Å². The molecule has 0 radical (unpaired) electrons. The average Bonchev–Trinajstić information content (AvgIpc) is 2.60. The molecule has 1 aliphatic rings. The van der Waals surface area contributed by atoms with E-state index in [1.165, 1.54) is 44.1 Å². The van der Waals surface area contributed by atoms with Crippen LogP contribution >= 0.6 is 0 Å². The molecule has 0 bridgehead atoms. The monoisotopic (exact) mass is 228 g/mol. The zero-order valence-electron chi connectivity index (χ0n) is 10.5. The van der Waals surface area contributed by atoms with Crippen molar-refractivity contribution in [2.45, 2.75) is 51.5 Å². The number of nitrogens with zero attached hydrogens (tertiary/aromatic N) is 1. The van der Waals surface area contributed by atoms with E-state index in [1.54, 1.807) is 0 Å². The number of nitrogens with one attached hydrogen (secondary N) is 1. The maximum Gasteiger partial charge on any atom is 0.0992 e. The van der Waals surface area contributed by atoms with Crippen molar-refractivity contribution in [3.05, 3.63) is 29.3 Å². The molecular formula is C15H20N2. The molecule has 1 N–H and O–H groups in total. The van der Waals surface area contributed by atoms with Crippen LogP contribution < -0.4 is 5.32 Å². The summed E-state index contributed by atoms with van der Waals surface area (Å²) in [6.07, 6.45) is 7.92. The van der Waals surface area contributed by atoms with Crippen molar-refractivity contribution in [1.29, 1.82) is 5.26 Å². The number of aryl methyl sites for hydroxylation is 1. The first-order valence-electron chi connectivity index (χ1n) is 6.57. The van der Waals surface area contributed by atoms with Gasteiger partial charge in [0.2, 0.25) is 0 Å². The molecular weight excluding hydrogens is 208 g/mol. The Kier molecular flexibility index (Phi) is 4.03. The number of anilines is 1. The van der Waals surface area contributed by atoms with Crippen LogP contribution in [0.4, 0.5) is 5.69 Å². The van der Waals surface area contributed by atoms with Crippen molar-refractivity contribution in [3.63, 3.8) is 0 Å². The summed E-state index contributed by atoms with van der Waals surface area (Å²) in [5.41, 5.74) is 3.11. The molecule has 0 heterocycles. The summed E-state index contributed by atoms with van der Waals surface area (Å²) in [6.45, 7) is 2.10. The highest BCUT2D eigenvalue weighted by molar-refractivity contribution is 5.55. The molecule has 1 saturated carbocycles. The number of nitriles is 1. The van der Waals surface area contributed by atoms with E-state index in [9.17, 15) is 0 Å². The third kappa shape index (κ3) is 3.23. The lowest BCUT2D eigenvalue weighted by atomic mass is 10.1. The van der Waals surface area contributed by atoms with Crippen LogP contribution in [0, 0.1) is 18.3 Å². The fraction of sp³-hybridized carbons (Fsp3) is 0.533. The van der Waals surface area contributed by atoms with Crippen molar-refractivity contribution < 1.29 is 0 Å². The zero-order valence-corrected chi connectivity index (χ0v) is 10.5. The van der Waals surface area contributed by atoms with Crippen molar-refractivity contribution in [2.75, 3.05) is 5.32 Å². The summed E-state index contributed by atoms with van der Waals surface area (Å²) in [5, 5.41) is 12.5. The molecule has 2 heteroatoms. The fourth-order valence-corrected chi connectivity index (χ4v) is 2.49. The highest BCUT2D eigenvalue weighted by Crippen LogP contribution is 2.23. The third-order valence-corrected chi connectivity index (χ3v) is 3.58. The summed E-state index contributed by atoms with van der Waals surface area (Å²) < 4.78 is 0. The summed E-state index contributed by atoms with van der Waals surface area (Å²) >= 11 is 0. The Balaban J connectivity index is 2.09. The standard InChI is InChI=1S/C15H20N2/c1-12-8-9-13(11-16)10-15(12)17-14-6-4-2-3-5-7-14/h8-10,14,17H,2-7H2,1H3. The highest BCUT2D eigenvalue weighted by Gasteiger charge is 2.12. The van der Waals surface area contributed by atoms with Crippen molar-refractivity contribution in [2.24, 2.45) is 0 Å². The summed E-state index contributed by atoms with van der Waals surface area (Å²) in [7, 11) is 0. The smallest absolute Gasteiger partial charge is 0.0992 e. The van der Waals surface area contributed by atoms with Gasteiger partial charge in [-0.3, -0.25) is 0 Å². The van der Waals surface area contributed by atoms with Crippen LogP contribution in [0.2, 0.25) is 0 Å². The normalized spacial score (nSPS) is 17.2. The van der Waals surface area contributed by atoms with E-state index in [2.05, 4.69) is 18.3 Å². The van der Waals surface area contributed by atoms with Gasteiger partial charge in [0.1, 0.15) is 0 Å². The quantitative estimate of drug-likeness (QED) is 0.776. The van der Waals surface area contributed by atoms with Gasteiger partial charge in [0, 0.05) is 11.7 Å². The molecule has 1 fully saturated rings. The molecule has 1 aliphatic carbocycles. The van der Waals surface area contributed by atoms with Gasteiger partial charge in [-0.05, 0) is 37.5 Å². The van der Waals surface area contributed by atoms with Gasteiger partial charge in [-0.2, -0.15) is 5.26 Å². The highest BCUT2D eigenvalue weighted by atomic mass is 14.9. The number of benzene rings is 1. The van der Waals surface area contributed by atoms with Gasteiger partial charge in [0.15, 0.2) is 0 Å². The fourth-order valence-electron chi connectivity index (χ4n) is 2.49.